The van der Waals surface area contributed by atoms with Crippen molar-refractivity contribution in [3.05, 3.63) is 80.8 Å². The average Bonchev–Trinajstić information content (AvgIpc) is 3.55. The Labute approximate surface area is 222 Å². The van der Waals surface area contributed by atoms with Gasteiger partial charge in [0.05, 0.1) is 7.11 Å². The van der Waals surface area contributed by atoms with Gasteiger partial charge in [-0.3, -0.25) is 14.6 Å². The lowest BCUT2D eigenvalue weighted by Crippen LogP contribution is -2.38. The monoisotopic (exact) mass is 528 g/mol. The van der Waals surface area contributed by atoms with Gasteiger partial charge in [0.2, 0.25) is 0 Å². The molecule has 200 valence electrons. The number of H-pyrrole nitrogens is 2. The number of nitrogens with one attached hydrogen (secondary N) is 2. The second kappa shape index (κ2) is 10.1. The molecule has 0 aliphatic carbocycles. The summed E-state index contributed by atoms with van der Waals surface area (Å²) in [4.78, 5) is 45.2. The highest BCUT2D eigenvalue weighted by molar-refractivity contribution is 5.80. The number of rotatable bonds is 7. The fraction of sp³-hybridized carbons (Fsp3) is 0.296. The number of hydrogen-bond acceptors (Lipinski definition) is 8. The van der Waals surface area contributed by atoms with E-state index in [-0.39, 0.29) is 16.6 Å². The number of aromatic amines is 2. The molecule has 39 heavy (non-hydrogen) atoms. The molecule has 3 heterocycles. The zero-order valence-corrected chi connectivity index (χ0v) is 22.1. The van der Waals surface area contributed by atoms with Crippen LogP contribution in [0.1, 0.15) is 32.2 Å². The lowest BCUT2D eigenvalue weighted by molar-refractivity contribution is -0.141. The maximum atomic E-state index is 13.4. The fourth-order valence-electron chi connectivity index (χ4n) is 4.50. The maximum absolute atomic E-state index is 13.4. The van der Waals surface area contributed by atoms with Crippen molar-refractivity contribution < 1.29 is 9.53 Å². The van der Waals surface area contributed by atoms with E-state index in [4.69, 9.17) is 0 Å². The van der Waals surface area contributed by atoms with E-state index < -0.39 is 23.8 Å². The van der Waals surface area contributed by atoms with Crippen LogP contribution in [0.4, 0.5) is 0 Å². The molecule has 5 aromatic rings. The number of fused-ring (bicyclic) bond motifs is 1. The molecule has 0 spiro atoms. The van der Waals surface area contributed by atoms with E-state index in [2.05, 4.69) is 56.1 Å². The van der Waals surface area contributed by atoms with Gasteiger partial charge in [0.1, 0.15) is 12.4 Å². The molecule has 5 rings (SSSR count). The summed E-state index contributed by atoms with van der Waals surface area (Å²) in [6.45, 7) is 6.08. The zero-order valence-electron chi connectivity index (χ0n) is 22.1. The van der Waals surface area contributed by atoms with E-state index in [1.807, 2.05) is 53.1 Å². The predicted molar refractivity (Wildman–Crippen MR) is 144 cm³/mol. The van der Waals surface area contributed by atoms with Crippen LogP contribution in [0.5, 0.6) is 0 Å². The number of aromatic nitrogens is 8. The largest absolute Gasteiger partial charge is 0.468 e. The lowest BCUT2D eigenvalue weighted by atomic mass is 9.92. The van der Waals surface area contributed by atoms with Crippen LogP contribution in [-0.2, 0) is 29.0 Å². The highest BCUT2D eigenvalue weighted by Crippen LogP contribution is 2.30. The summed E-state index contributed by atoms with van der Waals surface area (Å²) >= 11 is 0. The molecule has 0 aliphatic heterocycles. The van der Waals surface area contributed by atoms with Crippen molar-refractivity contribution in [3.8, 4) is 22.5 Å². The summed E-state index contributed by atoms with van der Waals surface area (Å²) in [7, 11) is 1.20. The summed E-state index contributed by atoms with van der Waals surface area (Å²) in [5.74, 6) is 0.539. The first kappa shape index (κ1) is 25.8. The molecule has 0 saturated carbocycles. The van der Waals surface area contributed by atoms with Crippen LogP contribution in [-0.4, -0.2) is 52.8 Å². The zero-order chi connectivity index (χ0) is 27.7. The Morgan fingerprint density at radius 1 is 1.00 bits per heavy atom. The number of esters is 1. The second-order valence-electron chi connectivity index (χ2n) is 10.4. The van der Waals surface area contributed by atoms with Gasteiger partial charge in [-0.1, -0.05) is 69.3 Å². The molecular formula is C27H28N8O4. The molecular weight excluding hydrogens is 500 g/mol. The Kier molecular flexibility index (Phi) is 6.69. The van der Waals surface area contributed by atoms with Gasteiger partial charge in [-0.25, -0.2) is 19.4 Å². The predicted octanol–water partition coefficient (Wildman–Crippen LogP) is 2.54. The Balaban J connectivity index is 1.57. The molecule has 12 heteroatoms. The van der Waals surface area contributed by atoms with Crippen molar-refractivity contribution in [2.75, 3.05) is 7.11 Å². The first-order valence-corrected chi connectivity index (χ1v) is 12.4. The van der Waals surface area contributed by atoms with E-state index in [0.29, 0.717) is 24.6 Å². The van der Waals surface area contributed by atoms with Gasteiger partial charge in [0.25, 0.3) is 5.56 Å². The number of tetrazole rings is 1. The fourth-order valence-corrected chi connectivity index (χ4v) is 4.50. The molecule has 0 radical (unpaired) electrons. The molecule has 0 amide bonds. The molecule has 0 fully saturated rings. The van der Waals surface area contributed by atoms with Crippen molar-refractivity contribution in [3.63, 3.8) is 0 Å². The van der Waals surface area contributed by atoms with Gasteiger partial charge < -0.3 is 9.30 Å². The number of methoxy groups -OCH3 is 1. The molecule has 0 saturated heterocycles. The third-order valence-electron chi connectivity index (χ3n) is 6.30. The molecule has 0 unspecified atom stereocenters. The number of imidazole rings is 1. The van der Waals surface area contributed by atoms with Crippen molar-refractivity contribution in [2.24, 2.45) is 5.41 Å². The van der Waals surface area contributed by atoms with Gasteiger partial charge in [0.15, 0.2) is 17.0 Å². The normalized spacial score (nSPS) is 11.7. The van der Waals surface area contributed by atoms with E-state index in [1.165, 1.54) is 7.11 Å². The van der Waals surface area contributed by atoms with Crippen molar-refractivity contribution in [1.82, 2.24) is 39.7 Å². The number of hydrogen-bond donors (Lipinski definition) is 2. The van der Waals surface area contributed by atoms with E-state index in [1.54, 1.807) is 0 Å². The summed E-state index contributed by atoms with van der Waals surface area (Å²) in [6.07, 6.45) is 0.566. The smallest absolute Gasteiger partial charge is 0.330 e. The van der Waals surface area contributed by atoms with Gasteiger partial charge in [-0.15, -0.1) is 5.10 Å². The van der Waals surface area contributed by atoms with Crippen molar-refractivity contribution in [2.45, 2.75) is 40.3 Å². The van der Waals surface area contributed by atoms with Crippen molar-refractivity contribution >= 4 is 17.1 Å². The summed E-state index contributed by atoms with van der Waals surface area (Å²) in [6, 6.07) is 15.8. The quantitative estimate of drug-likeness (QED) is 0.306. The summed E-state index contributed by atoms with van der Waals surface area (Å²) < 4.78 is 7.32. The van der Waals surface area contributed by atoms with Gasteiger partial charge in [0, 0.05) is 18.5 Å². The number of carbonyl (C=O) groups is 1. The Bertz CT molecular complexity index is 1760. The van der Waals surface area contributed by atoms with Gasteiger partial charge >= 0.3 is 11.7 Å². The first-order valence-electron chi connectivity index (χ1n) is 12.4. The molecule has 2 aromatic carbocycles. The van der Waals surface area contributed by atoms with Crippen LogP contribution < -0.4 is 11.2 Å². The molecule has 12 nitrogen and oxygen atoms in total. The number of benzene rings is 2. The van der Waals surface area contributed by atoms with Crippen LogP contribution in [0, 0.1) is 5.41 Å². The topological polar surface area (TPSA) is 153 Å². The molecule has 2 N–H and O–H groups in total. The van der Waals surface area contributed by atoms with Crippen LogP contribution in [0.25, 0.3) is 33.7 Å². The SMILES string of the molecule is COC(=O)Cn1c(=O)[nH]c2nc(CC(C)(C)C)n(Cc3ccc(-c4ccccc4-c4nnn[nH]4)cc3)c2c1=O. The second-order valence-corrected chi connectivity index (χ2v) is 10.4. The molecule has 0 aliphatic rings. The molecule has 0 atom stereocenters. The maximum Gasteiger partial charge on any atom is 0.330 e. The average molecular weight is 529 g/mol. The van der Waals surface area contributed by atoms with Crippen LogP contribution in [0.2, 0.25) is 0 Å². The van der Waals surface area contributed by atoms with Gasteiger partial charge in [-0.2, -0.15) is 0 Å². The Hall–Kier alpha value is -4.87. The standard InChI is InChI=1S/C27H28N8O4/c1-27(2,3)13-20-28-24-22(25(37)35(26(38)29-24)15-21(36)39-4)34(20)14-16-9-11-17(12-10-16)18-7-5-6-8-19(18)23-30-32-33-31-23/h5-12H,13-15H2,1-4H3,(H,29,38)(H,30,31,32,33). The van der Waals surface area contributed by atoms with E-state index in [0.717, 1.165) is 26.8 Å². The van der Waals surface area contributed by atoms with Crippen LogP contribution in [0.3, 0.4) is 0 Å². The Morgan fingerprint density at radius 3 is 2.36 bits per heavy atom. The number of ether oxygens (including phenoxy) is 1. The van der Waals surface area contributed by atoms with E-state index >= 15 is 0 Å². The molecule has 3 aromatic heterocycles. The van der Waals surface area contributed by atoms with Crippen LogP contribution in [0.15, 0.2) is 58.1 Å². The molecule has 0 bridgehead atoms. The first-order chi connectivity index (χ1) is 18.6. The number of nitrogens with zero attached hydrogens (tertiary/aromatic N) is 6. The highest BCUT2D eigenvalue weighted by Gasteiger charge is 2.23. The van der Waals surface area contributed by atoms with Crippen molar-refractivity contribution in [1.29, 1.82) is 0 Å². The summed E-state index contributed by atoms with van der Waals surface area (Å²) in [5.41, 5.74) is 2.71. The third-order valence-corrected chi connectivity index (χ3v) is 6.30. The number of carbonyl (C=O) groups excluding carboxylic acids is 1. The van der Waals surface area contributed by atoms with Gasteiger partial charge in [-0.05, 0) is 32.5 Å². The Morgan fingerprint density at radius 2 is 1.72 bits per heavy atom. The minimum atomic E-state index is -0.713. The third kappa shape index (κ3) is 5.26. The summed E-state index contributed by atoms with van der Waals surface area (Å²) in [5, 5.41) is 14.2. The van der Waals surface area contributed by atoms with Crippen LogP contribution >= 0.6 is 0 Å². The highest BCUT2D eigenvalue weighted by atomic mass is 16.5. The minimum Gasteiger partial charge on any atom is -0.468 e. The minimum absolute atomic E-state index is 0.131. The lowest BCUT2D eigenvalue weighted by Gasteiger charge is -2.19. The van der Waals surface area contributed by atoms with E-state index in [9.17, 15) is 14.4 Å².